The summed E-state index contributed by atoms with van der Waals surface area (Å²) < 4.78 is 21.3. The zero-order valence-electron chi connectivity index (χ0n) is 23.2. The normalized spacial score (nSPS) is 20.9. The summed E-state index contributed by atoms with van der Waals surface area (Å²) in [4.78, 5) is 13.2. The second-order valence-corrected chi connectivity index (χ2v) is 11.9. The molecule has 5 nitrogen and oxygen atoms in total. The molecule has 0 radical (unpaired) electrons. The maximum atomic E-state index is 14.9. The van der Waals surface area contributed by atoms with Gasteiger partial charge >= 0.3 is 0 Å². The lowest BCUT2D eigenvalue weighted by Gasteiger charge is -2.24. The van der Waals surface area contributed by atoms with E-state index in [1.165, 1.54) is 6.07 Å². The first-order valence-corrected chi connectivity index (χ1v) is 14.7. The first-order valence-electron chi connectivity index (χ1n) is 14.0. The molecule has 0 aromatic heterocycles. The van der Waals surface area contributed by atoms with Crippen LogP contribution in [0.3, 0.4) is 0 Å². The van der Waals surface area contributed by atoms with Crippen LogP contribution in [-0.4, -0.2) is 30.2 Å². The van der Waals surface area contributed by atoms with Crippen molar-refractivity contribution in [3.8, 4) is 0 Å². The number of benzene rings is 2. The molecule has 0 saturated heterocycles. The third kappa shape index (κ3) is 7.34. The van der Waals surface area contributed by atoms with Gasteiger partial charge in [-0.25, -0.2) is 4.39 Å². The van der Waals surface area contributed by atoms with Gasteiger partial charge in [0.2, 0.25) is 0 Å². The van der Waals surface area contributed by atoms with E-state index in [9.17, 15) is 9.18 Å². The van der Waals surface area contributed by atoms with Crippen molar-refractivity contribution in [3.63, 3.8) is 0 Å². The number of halogens is 3. The van der Waals surface area contributed by atoms with Crippen LogP contribution in [0.5, 0.6) is 0 Å². The fraction of sp³-hybridized carbons (Fsp3) is 0.438. The highest BCUT2D eigenvalue weighted by atomic mass is 35.5. The van der Waals surface area contributed by atoms with Crippen molar-refractivity contribution < 1.29 is 13.9 Å². The Balaban J connectivity index is 1.49. The molecular weight excluding hydrogens is 548 g/mol. The number of rotatable bonds is 11. The van der Waals surface area contributed by atoms with Crippen LogP contribution in [0.1, 0.15) is 69.9 Å². The van der Waals surface area contributed by atoms with Gasteiger partial charge in [-0.05, 0) is 81.2 Å². The van der Waals surface area contributed by atoms with Crippen LogP contribution in [0.25, 0.3) is 5.70 Å². The van der Waals surface area contributed by atoms with E-state index in [1.54, 1.807) is 24.3 Å². The molecule has 2 saturated carbocycles. The van der Waals surface area contributed by atoms with Crippen molar-refractivity contribution in [2.75, 3.05) is 11.9 Å². The number of nitrogens with two attached hydrogens (primary N) is 1. The lowest BCUT2D eigenvalue weighted by atomic mass is 9.95. The Bertz CT molecular complexity index is 1300. The van der Waals surface area contributed by atoms with Gasteiger partial charge in [0.1, 0.15) is 5.82 Å². The monoisotopic (exact) mass is 585 g/mol. The molecule has 0 heterocycles. The molecule has 3 unspecified atom stereocenters. The van der Waals surface area contributed by atoms with E-state index in [2.05, 4.69) is 11.9 Å². The van der Waals surface area contributed by atoms with Gasteiger partial charge < -0.3 is 21.2 Å². The van der Waals surface area contributed by atoms with Crippen LogP contribution in [0.2, 0.25) is 10.0 Å². The van der Waals surface area contributed by atoms with Crippen molar-refractivity contribution in [1.29, 1.82) is 5.41 Å². The molecule has 2 aromatic rings. The van der Waals surface area contributed by atoms with Crippen molar-refractivity contribution in [3.05, 3.63) is 81.1 Å². The van der Waals surface area contributed by atoms with Crippen LogP contribution in [0.4, 0.5) is 10.1 Å². The number of carbonyl (C=O) groups excluding carboxylic acids is 1. The van der Waals surface area contributed by atoms with E-state index in [-0.39, 0.29) is 42.1 Å². The molecule has 0 bridgehead atoms. The largest absolute Gasteiger partial charge is 0.398 e. The zero-order valence-corrected chi connectivity index (χ0v) is 24.7. The Labute approximate surface area is 246 Å². The molecule has 0 aliphatic heterocycles. The summed E-state index contributed by atoms with van der Waals surface area (Å²) >= 11 is 12.8. The van der Waals surface area contributed by atoms with Gasteiger partial charge in [-0.15, -0.1) is 0 Å². The molecular formula is C32H38Cl2FN3O2. The van der Waals surface area contributed by atoms with Crippen molar-refractivity contribution in [2.24, 2.45) is 17.6 Å². The van der Waals surface area contributed by atoms with Gasteiger partial charge in [0.05, 0.1) is 28.5 Å². The molecule has 40 heavy (non-hydrogen) atoms. The zero-order chi connectivity index (χ0) is 29.0. The average Bonchev–Trinajstić information content (AvgIpc) is 3.77. The van der Waals surface area contributed by atoms with Crippen molar-refractivity contribution in [1.82, 2.24) is 0 Å². The minimum absolute atomic E-state index is 0.00667. The molecule has 2 aromatic carbocycles. The molecule has 8 heteroatoms. The van der Waals surface area contributed by atoms with Crippen molar-refractivity contribution >= 4 is 46.1 Å². The fourth-order valence-corrected chi connectivity index (χ4v) is 5.69. The van der Waals surface area contributed by atoms with E-state index >= 15 is 0 Å². The van der Waals surface area contributed by atoms with E-state index < -0.39 is 5.82 Å². The predicted octanol–water partition coefficient (Wildman–Crippen LogP) is 8.19. The maximum absolute atomic E-state index is 14.9. The Morgan fingerprint density at radius 1 is 1.23 bits per heavy atom. The smallest absolute Gasteiger partial charge is 0.166 e. The topological polar surface area (TPSA) is 88.2 Å². The van der Waals surface area contributed by atoms with Crippen molar-refractivity contribution in [2.45, 2.75) is 70.9 Å². The molecule has 2 fully saturated rings. The van der Waals surface area contributed by atoms with Gasteiger partial charge in [0.15, 0.2) is 5.78 Å². The summed E-state index contributed by atoms with van der Waals surface area (Å²) in [5.74, 6) is -0.471. The van der Waals surface area contributed by atoms with Gasteiger partial charge in [0.25, 0.3) is 0 Å². The first-order chi connectivity index (χ1) is 19.1. The standard InChI is InChI=1S/C32H38Cl2FN3O2/c1-4-19(3)30(36)24-13-12-22(16-28(24)35)38-21-11-8-18(2)14-23(15-21)40-17-25(32(39)20-9-10-20)31(37)29-26(33)6-5-7-27(29)34/h5-7,12-13,16,19-21,23,36,38H,2,4,8-11,14-15,17,37H2,1,3H3. The minimum Gasteiger partial charge on any atom is -0.398 e. The van der Waals surface area contributed by atoms with Gasteiger partial charge in [-0.2, -0.15) is 0 Å². The highest BCUT2D eigenvalue weighted by Crippen LogP contribution is 2.37. The molecule has 214 valence electrons. The summed E-state index contributed by atoms with van der Waals surface area (Å²) in [6, 6.07) is 10.1. The van der Waals surface area contributed by atoms with E-state index in [0.29, 0.717) is 51.0 Å². The predicted molar refractivity (Wildman–Crippen MR) is 163 cm³/mol. The molecule has 0 amide bonds. The van der Waals surface area contributed by atoms with Gasteiger partial charge in [0, 0.05) is 40.1 Å². The number of carbonyl (C=O) groups is 1. The third-order valence-corrected chi connectivity index (χ3v) is 8.54. The quantitative estimate of drug-likeness (QED) is 0.107. The minimum atomic E-state index is -0.400. The summed E-state index contributed by atoms with van der Waals surface area (Å²) in [6.45, 7) is 8.19. The maximum Gasteiger partial charge on any atom is 0.166 e. The Morgan fingerprint density at radius 3 is 2.55 bits per heavy atom. The van der Waals surface area contributed by atoms with Crippen LogP contribution >= 0.6 is 23.2 Å². The molecule has 4 N–H and O–H groups in total. The highest BCUT2D eigenvalue weighted by molar-refractivity contribution is 6.37. The third-order valence-electron chi connectivity index (χ3n) is 7.91. The number of nitrogens with one attached hydrogen (secondary N) is 2. The van der Waals surface area contributed by atoms with Crippen LogP contribution in [0, 0.1) is 23.1 Å². The lowest BCUT2D eigenvalue weighted by Crippen LogP contribution is -2.27. The first kappa shape index (κ1) is 30.3. The summed E-state index contributed by atoms with van der Waals surface area (Å²) in [5.41, 5.74) is 10.0. The molecule has 4 rings (SSSR count). The number of ether oxygens (including phenoxy) is 1. The van der Waals surface area contributed by atoms with E-state index in [0.717, 1.165) is 37.7 Å². The molecule has 2 aliphatic rings. The number of hydrogen-bond donors (Lipinski definition) is 3. The van der Waals surface area contributed by atoms with Gasteiger partial charge in [-0.1, -0.05) is 55.3 Å². The second-order valence-electron chi connectivity index (χ2n) is 11.0. The summed E-state index contributed by atoms with van der Waals surface area (Å²) in [6.07, 6.45) is 5.22. The fourth-order valence-electron chi connectivity index (χ4n) is 5.09. The number of ketones is 1. The second kappa shape index (κ2) is 13.3. The van der Waals surface area contributed by atoms with E-state index in [1.807, 2.05) is 19.9 Å². The SMILES string of the molecule is C=C1CCC(Nc2ccc(C(=N)C(C)CC)c(F)c2)CC(OCC(C(=O)C2CC2)=C(N)c2c(Cl)cccc2Cl)C1. The number of anilines is 1. The molecule has 2 aliphatic carbocycles. The Morgan fingerprint density at radius 2 is 1.93 bits per heavy atom. The molecule has 3 atom stereocenters. The van der Waals surface area contributed by atoms with Crippen LogP contribution < -0.4 is 11.1 Å². The summed E-state index contributed by atoms with van der Waals surface area (Å²) in [7, 11) is 0. The van der Waals surface area contributed by atoms with Crippen LogP contribution in [-0.2, 0) is 9.53 Å². The van der Waals surface area contributed by atoms with Crippen LogP contribution in [0.15, 0.2) is 54.1 Å². The lowest BCUT2D eigenvalue weighted by molar-refractivity contribution is -0.117. The highest BCUT2D eigenvalue weighted by Gasteiger charge is 2.34. The number of hydrogen-bond acceptors (Lipinski definition) is 5. The molecule has 0 spiro atoms. The number of Topliss-reactive ketones (excluding diaryl/α,β-unsaturated/α-hetero) is 1. The van der Waals surface area contributed by atoms with E-state index in [4.69, 9.17) is 39.1 Å². The Hall–Kier alpha value is -2.67. The summed E-state index contributed by atoms with van der Waals surface area (Å²) in [5, 5.41) is 12.5. The Kier molecular flexibility index (Phi) is 10.1. The van der Waals surface area contributed by atoms with Gasteiger partial charge in [-0.3, -0.25) is 4.79 Å². The average molecular weight is 587 g/mol.